The highest BCUT2D eigenvalue weighted by Crippen LogP contribution is 2.28. The summed E-state index contributed by atoms with van der Waals surface area (Å²) < 4.78 is 0. The zero-order chi connectivity index (χ0) is 10.7. The van der Waals surface area contributed by atoms with E-state index in [0.29, 0.717) is 0 Å². The van der Waals surface area contributed by atoms with Crippen LogP contribution in [-0.4, -0.2) is 17.5 Å². The van der Waals surface area contributed by atoms with E-state index in [9.17, 15) is 0 Å². The normalized spacial score (nSPS) is 14.6. The summed E-state index contributed by atoms with van der Waals surface area (Å²) in [4.78, 5) is 2.46. The Morgan fingerprint density at radius 1 is 1.44 bits per heavy atom. The Balaban J connectivity index is 0.00000128. The number of rotatable bonds is 5. The molecule has 0 atom stereocenters. The quantitative estimate of drug-likeness (QED) is 0.632. The van der Waals surface area contributed by atoms with Gasteiger partial charge in [-0.2, -0.15) is 0 Å². The number of hydrogen-bond donors (Lipinski definition) is 1. The summed E-state index contributed by atoms with van der Waals surface area (Å²) in [5.74, 6) is 0. The van der Waals surface area contributed by atoms with Crippen molar-refractivity contribution in [2.24, 2.45) is 0 Å². The van der Waals surface area contributed by atoms with Crippen LogP contribution in [0.25, 0.3) is 0 Å². The van der Waals surface area contributed by atoms with Crippen molar-refractivity contribution in [1.82, 2.24) is 4.90 Å². The van der Waals surface area contributed by atoms with Gasteiger partial charge in [0.2, 0.25) is 0 Å². The number of nitrogen functional groups attached to an aromatic ring is 1. The minimum atomic E-state index is 0. The van der Waals surface area contributed by atoms with Gasteiger partial charge in [-0.15, -0.1) is 19.0 Å². The Morgan fingerprint density at radius 2 is 2.19 bits per heavy atom. The number of nitrogens with zero attached hydrogens (tertiary/aromatic N) is 1. The highest BCUT2D eigenvalue weighted by molar-refractivity contribution is 5.85. The van der Waals surface area contributed by atoms with Crippen molar-refractivity contribution in [2.75, 3.05) is 12.3 Å². The van der Waals surface area contributed by atoms with Gasteiger partial charge in [-0.05, 0) is 30.5 Å². The van der Waals surface area contributed by atoms with E-state index >= 15 is 0 Å². The fourth-order valence-electron chi connectivity index (χ4n) is 1.87. The molecule has 0 heterocycles. The van der Waals surface area contributed by atoms with Crippen LogP contribution in [0.3, 0.4) is 0 Å². The number of anilines is 1. The van der Waals surface area contributed by atoms with Crippen molar-refractivity contribution < 1.29 is 0 Å². The minimum absolute atomic E-state index is 0. The maximum absolute atomic E-state index is 5.76. The van der Waals surface area contributed by atoms with Gasteiger partial charge in [0.25, 0.3) is 0 Å². The lowest BCUT2D eigenvalue weighted by Crippen LogP contribution is -2.25. The van der Waals surface area contributed by atoms with Gasteiger partial charge in [0.15, 0.2) is 0 Å². The monoisotopic (exact) mass is 238 g/mol. The average Bonchev–Trinajstić information content (AvgIpc) is 3.00. The van der Waals surface area contributed by atoms with E-state index in [4.69, 9.17) is 5.73 Å². The molecule has 2 rings (SSSR count). The minimum Gasteiger partial charge on any atom is -0.399 e. The third-order valence-corrected chi connectivity index (χ3v) is 2.76. The number of hydrogen-bond acceptors (Lipinski definition) is 2. The van der Waals surface area contributed by atoms with E-state index < -0.39 is 0 Å². The van der Waals surface area contributed by atoms with Crippen LogP contribution in [-0.2, 0) is 6.54 Å². The smallest absolute Gasteiger partial charge is 0.0317 e. The molecular formula is C13H19ClN2. The van der Waals surface area contributed by atoms with E-state index in [-0.39, 0.29) is 12.4 Å². The first-order valence-corrected chi connectivity index (χ1v) is 5.49. The van der Waals surface area contributed by atoms with Gasteiger partial charge in [-0.1, -0.05) is 18.2 Å². The molecule has 2 nitrogen and oxygen atoms in total. The first kappa shape index (κ1) is 13.1. The van der Waals surface area contributed by atoms with Crippen LogP contribution >= 0.6 is 12.4 Å². The van der Waals surface area contributed by atoms with Crippen molar-refractivity contribution >= 4 is 18.1 Å². The molecule has 16 heavy (non-hydrogen) atoms. The standard InChI is InChI=1S/C13H18N2.ClH/c1-2-8-15(13-6-7-13)10-11-4-3-5-12(14)9-11;/h2-5,9,13H,1,6-8,10,14H2;1H. The van der Waals surface area contributed by atoms with E-state index in [1.54, 1.807) is 0 Å². The fourth-order valence-corrected chi connectivity index (χ4v) is 1.87. The molecule has 3 heteroatoms. The topological polar surface area (TPSA) is 29.3 Å². The Hall–Kier alpha value is -0.990. The Morgan fingerprint density at radius 3 is 2.75 bits per heavy atom. The molecule has 0 unspecified atom stereocenters. The third-order valence-electron chi connectivity index (χ3n) is 2.76. The lowest BCUT2D eigenvalue weighted by molar-refractivity contribution is 0.284. The van der Waals surface area contributed by atoms with Crippen LogP contribution in [0.5, 0.6) is 0 Å². The molecule has 0 aliphatic heterocycles. The van der Waals surface area contributed by atoms with Crippen molar-refractivity contribution in [3.8, 4) is 0 Å². The predicted molar refractivity (Wildman–Crippen MR) is 71.7 cm³/mol. The van der Waals surface area contributed by atoms with Crippen molar-refractivity contribution in [1.29, 1.82) is 0 Å². The maximum Gasteiger partial charge on any atom is 0.0317 e. The van der Waals surface area contributed by atoms with Gasteiger partial charge in [0, 0.05) is 24.8 Å². The molecule has 0 saturated heterocycles. The fraction of sp³-hybridized carbons (Fsp3) is 0.385. The first-order valence-electron chi connectivity index (χ1n) is 5.49. The Bertz CT molecular complexity index is 348. The van der Waals surface area contributed by atoms with Crippen LogP contribution < -0.4 is 5.73 Å². The second-order valence-electron chi connectivity index (χ2n) is 4.19. The summed E-state index contributed by atoms with van der Waals surface area (Å²) in [5, 5.41) is 0. The van der Waals surface area contributed by atoms with Crippen LogP contribution in [0.4, 0.5) is 5.69 Å². The Labute approximate surface area is 104 Å². The van der Waals surface area contributed by atoms with Gasteiger partial charge in [-0.25, -0.2) is 0 Å². The molecule has 1 aliphatic rings. The second-order valence-corrected chi connectivity index (χ2v) is 4.19. The van der Waals surface area contributed by atoms with Gasteiger partial charge >= 0.3 is 0 Å². The highest BCUT2D eigenvalue weighted by atomic mass is 35.5. The highest BCUT2D eigenvalue weighted by Gasteiger charge is 2.27. The summed E-state index contributed by atoms with van der Waals surface area (Å²) in [6.07, 6.45) is 4.64. The first-order chi connectivity index (χ1) is 7.29. The molecule has 1 aromatic carbocycles. The summed E-state index contributed by atoms with van der Waals surface area (Å²) in [6.45, 7) is 5.76. The van der Waals surface area contributed by atoms with Crippen molar-refractivity contribution in [2.45, 2.75) is 25.4 Å². The zero-order valence-corrected chi connectivity index (χ0v) is 10.2. The number of nitrogens with two attached hydrogens (primary N) is 1. The van der Waals surface area contributed by atoms with Crippen LogP contribution in [0, 0.1) is 0 Å². The lowest BCUT2D eigenvalue weighted by Gasteiger charge is -2.20. The maximum atomic E-state index is 5.76. The van der Waals surface area contributed by atoms with Gasteiger partial charge < -0.3 is 5.73 Å². The van der Waals surface area contributed by atoms with Gasteiger partial charge in [0.1, 0.15) is 0 Å². The largest absolute Gasteiger partial charge is 0.399 e. The van der Waals surface area contributed by atoms with Crippen LogP contribution in [0.2, 0.25) is 0 Å². The number of benzene rings is 1. The molecule has 0 radical (unpaired) electrons. The molecule has 0 bridgehead atoms. The molecule has 2 N–H and O–H groups in total. The Kier molecular flexibility index (Phi) is 4.84. The summed E-state index contributed by atoms with van der Waals surface area (Å²) in [5.41, 5.74) is 7.91. The molecule has 1 aromatic rings. The van der Waals surface area contributed by atoms with E-state index in [0.717, 1.165) is 24.8 Å². The molecule has 0 amide bonds. The van der Waals surface area contributed by atoms with Gasteiger partial charge in [-0.3, -0.25) is 4.90 Å². The molecule has 1 fully saturated rings. The third kappa shape index (κ3) is 3.54. The summed E-state index contributed by atoms with van der Waals surface area (Å²) in [7, 11) is 0. The summed E-state index contributed by atoms with van der Waals surface area (Å²) in [6, 6.07) is 8.90. The molecular weight excluding hydrogens is 220 g/mol. The van der Waals surface area contributed by atoms with E-state index in [1.807, 2.05) is 18.2 Å². The predicted octanol–water partition coefficient (Wildman–Crippen LogP) is 2.84. The van der Waals surface area contributed by atoms with Crippen LogP contribution in [0.15, 0.2) is 36.9 Å². The molecule has 0 aromatic heterocycles. The number of halogens is 1. The SMILES string of the molecule is C=CCN(Cc1cccc(N)c1)C1CC1.Cl. The van der Waals surface area contributed by atoms with Crippen molar-refractivity contribution in [3.63, 3.8) is 0 Å². The van der Waals surface area contributed by atoms with Crippen LogP contribution in [0.1, 0.15) is 18.4 Å². The molecule has 88 valence electrons. The summed E-state index contributed by atoms with van der Waals surface area (Å²) >= 11 is 0. The van der Waals surface area contributed by atoms with Crippen molar-refractivity contribution in [3.05, 3.63) is 42.5 Å². The molecule has 1 saturated carbocycles. The van der Waals surface area contributed by atoms with E-state index in [2.05, 4.69) is 23.6 Å². The molecule has 0 spiro atoms. The second kappa shape index (κ2) is 5.92. The lowest BCUT2D eigenvalue weighted by atomic mass is 10.2. The zero-order valence-electron chi connectivity index (χ0n) is 9.43. The van der Waals surface area contributed by atoms with E-state index in [1.165, 1.54) is 18.4 Å². The molecule has 1 aliphatic carbocycles. The van der Waals surface area contributed by atoms with Gasteiger partial charge in [0.05, 0.1) is 0 Å². The average molecular weight is 239 g/mol.